The molecule has 1 atom stereocenters. The second-order valence-corrected chi connectivity index (χ2v) is 6.11. The number of carbonyl (C=O) groups excluding carboxylic acids is 1. The molecule has 1 saturated heterocycles. The number of urea groups is 1. The number of carboxylic acid groups (broad SMARTS) is 1. The molecule has 1 unspecified atom stereocenters. The van der Waals surface area contributed by atoms with Gasteiger partial charge in [-0.2, -0.15) is 0 Å². The smallest absolute Gasteiger partial charge is 0.337 e. The van der Waals surface area contributed by atoms with E-state index in [0.717, 1.165) is 32.4 Å². The molecule has 1 aromatic carbocycles. The first-order chi connectivity index (χ1) is 10.0. The number of halogens is 1. The van der Waals surface area contributed by atoms with Crippen LogP contribution in [0.25, 0.3) is 0 Å². The van der Waals surface area contributed by atoms with Crippen LogP contribution in [-0.4, -0.2) is 35.1 Å². The minimum atomic E-state index is -1.06. The molecule has 0 aliphatic carbocycles. The predicted octanol–water partition coefficient (Wildman–Crippen LogP) is 3.80. The van der Waals surface area contributed by atoms with Crippen LogP contribution in [0.15, 0.2) is 22.7 Å². The number of para-hydroxylation sites is 1. The Bertz CT molecular complexity index is 548. The molecule has 0 saturated carbocycles. The summed E-state index contributed by atoms with van der Waals surface area (Å²) in [7, 11) is 0. The van der Waals surface area contributed by atoms with Crippen molar-refractivity contribution in [1.29, 1.82) is 0 Å². The molecule has 0 bridgehead atoms. The van der Waals surface area contributed by atoms with Gasteiger partial charge in [0.2, 0.25) is 0 Å². The standard InChI is InChI=1S/C15H19BrN2O3/c1-2-10-5-4-8-18(9-10)15(21)17-13-11(14(19)20)6-3-7-12(13)16/h3,6-7,10H,2,4-5,8-9H2,1H3,(H,17,21)(H,19,20). The number of rotatable bonds is 3. The Hall–Kier alpha value is -1.56. The number of aromatic carboxylic acids is 1. The molecule has 21 heavy (non-hydrogen) atoms. The second kappa shape index (κ2) is 6.93. The SMILES string of the molecule is CCC1CCCN(C(=O)Nc2c(Br)cccc2C(=O)O)C1. The summed E-state index contributed by atoms with van der Waals surface area (Å²) in [5, 5.41) is 11.9. The minimum absolute atomic E-state index is 0.0850. The van der Waals surface area contributed by atoms with Crippen LogP contribution in [0.3, 0.4) is 0 Å². The van der Waals surface area contributed by atoms with Crippen LogP contribution in [0.4, 0.5) is 10.5 Å². The van der Waals surface area contributed by atoms with Crippen molar-refractivity contribution in [3.63, 3.8) is 0 Å². The summed E-state index contributed by atoms with van der Waals surface area (Å²) in [6.45, 7) is 3.58. The molecule has 2 amide bonds. The highest BCUT2D eigenvalue weighted by molar-refractivity contribution is 9.10. The number of hydrogen-bond donors (Lipinski definition) is 2. The van der Waals surface area contributed by atoms with E-state index < -0.39 is 5.97 Å². The summed E-state index contributed by atoms with van der Waals surface area (Å²) < 4.78 is 0.569. The van der Waals surface area contributed by atoms with Crippen molar-refractivity contribution in [2.75, 3.05) is 18.4 Å². The van der Waals surface area contributed by atoms with Crippen molar-refractivity contribution in [2.24, 2.45) is 5.92 Å². The van der Waals surface area contributed by atoms with Gasteiger partial charge in [-0.1, -0.05) is 19.4 Å². The number of benzene rings is 1. The number of likely N-dealkylation sites (tertiary alicyclic amines) is 1. The van der Waals surface area contributed by atoms with Crippen molar-refractivity contribution in [2.45, 2.75) is 26.2 Å². The number of hydrogen-bond acceptors (Lipinski definition) is 2. The van der Waals surface area contributed by atoms with Crippen molar-refractivity contribution in [3.05, 3.63) is 28.2 Å². The number of carboxylic acids is 1. The van der Waals surface area contributed by atoms with Crippen LogP contribution in [0.2, 0.25) is 0 Å². The molecule has 5 nitrogen and oxygen atoms in total. The Morgan fingerprint density at radius 2 is 2.24 bits per heavy atom. The van der Waals surface area contributed by atoms with Gasteiger partial charge in [-0.3, -0.25) is 0 Å². The van der Waals surface area contributed by atoms with Gasteiger partial charge in [-0.15, -0.1) is 0 Å². The highest BCUT2D eigenvalue weighted by Gasteiger charge is 2.24. The molecule has 2 N–H and O–H groups in total. The Labute approximate surface area is 132 Å². The van der Waals surface area contributed by atoms with Crippen LogP contribution in [0.1, 0.15) is 36.5 Å². The third kappa shape index (κ3) is 3.75. The molecule has 0 aromatic heterocycles. The molecular weight excluding hydrogens is 336 g/mol. The lowest BCUT2D eigenvalue weighted by Crippen LogP contribution is -2.42. The lowest BCUT2D eigenvalue weighted by Gasteiger charge is -2.32. The number of nitrogens with zero attached hydrogens (tertiary/aromatic N) is 1. The van der Waals surface area contributed by atoms with E-state index in [1.807, 2.05) is 0 Å². The maximum atomic E-state index is 12.4. The van der Waals surface area contributed by atoms with Crippen molar-refractivity contribution in [1.82, 2.24) is 4.90 Å². The molecular formula is C15H19BrN2O3. The fraction of sp³-hybridized carbons (Fsp3) is 0.467. The molecule has 1 heterocycles. The van der Waals surface area contributed by atoms with Gasteiger partial charge in [0.15, 0.2) is 0 Å². The van der Waals surface area contributed by atoms with Gasteiger partial charge in [-0.05, 0) is 46.8 Å². The van der Waals surface area contributed by atoms with Gasteiger partial charge in [-0.25, -0.2) is 9.59 Å². The highest BCUT2D eigenvalue weighted by atomic mass is 79.9. The van der Waals surface area contributed by atoms with Gasteiger partial charge < -0.3 is 15.3 Å². The average Bonchev–Trinajstić information content (AvgIpc) is 2.49. The normalized spacial score (nSPS) is 18.4. The maximum Gasteiger partial charge on any atom is 0.337 e. The minimum Gasteiger partial charge on any atom is -0.478 e. The van der Waals surface area contributed by atoms with Crippen LogP contribution in [0, 0.1) is 5.92 Å². The van der Waals surface area contributed by atoms with E-state index in [2.05, 4.69) is 28.2 Å². The first-order valence-corrected chi connectivity index (χ1v) is 7.90. The summed E-state index contributed by atoms with van der Waals surface area (Å²) >= 11 is 3.30. The molecule has 114 valence electrons. The van der Waals surface area contributed by atoms with E-state index in [1.54, 1.807) is 17.0 Å². The summed E-state index contributed by atoms with van der Waals surface area (Å²) in [6.07, 6.45) is 3.20. The monoisotopic (exact) mass is 354 g/mol. The second-order valence-electron chi connectivity index (χ2n) is 5.26. The van der Waals surface area contributed by atoms with E-state index in [1.165, 1.54) is 6.07 Å². The van der Waals surface area contributed by atoms with Gasteiger partial charge in [0.1, 0.15) is 0 Å². The molecule has 0 spiro atoms. The zero-order valence-electron chi connectivity index (χ0n) is 11.9. The lowest BCUT2D eigenvalue weighted by atomic mass is 9.96. The molecule has 0 radical (unpaired) electrons. The number of piperidine rings is 1. The largest absolute Gasteiger partial charge is 0.478 e. The topological polar surface area (TPSA) is 69.6 Å². The molecule has 2 rings (SSSR count). The van der Waals surface area contributed by atoms with Crippen LogP contribution < -0.4 is 5.32 Å². The lowest BCUT2D eigenvalue weighted by molar-refractivity contribution is 0.0698. The number of amides is 2. The van der Waals surface area contributed by atoms with E-state index in [-0.39, 0.29) is 11.6 Å². The Balaban J connectivity index is 2.14. The van der Waals surface area contributed by atoms with Gasteiger partial charge >= 0.3 is 12.0 Å². The first-order valence-electron chi connectivity index (χ1n) is 7.10. The van der Waals surface area contributed by atoms with E-state index in [0.29, 0.717) is 16.1 Å². The highest BCUT2D eigenvalue weighted by Crippen LogP contribution is 2.27. The Morgan fingerprint density at radius 1 is 1.48 bits per heavy atom. The quantitative estimate of drug-likeness (QED) is 0.867. The summed E-state index contributed by atoms with van der Waals surface area (Å²) in [4.78, 5) is 25.4. The molecule has 1 fully saturated rings. The van der Waals surface area contributed by atoms with E-state index >= 15 is 0 Å². The van der Waals surface area contributed by atoms with Gasteiger partial charge in [0.25, 0.3) is 0 Å². The van der Waals surface area contributed by atoms with E-state index in [9.17, 15) is 14.7 Å². The molecule has 1 aliphatic heterocycles. The zero-order chi connectivity index (χ0) is 15.4. The van der Waals surface area contributed by atoms with Gasteiger partial charge in [0.05, 0.1) is 11.3 Å². The zero-order valence-corrected chi connectivity index (χ0v) is 13.5. The summed E-state index contributed by atoms with van der Waals surface area (Å²) in [5.74, 6) is -0.528. The van der Waals surface area contributed by atoms with Crippen molar-refractivity contribution >= 4 is 33.6 Å². The maximum absolute atomic E-state index is 12.4. The third-order valence-electron chi connectivity index (χ3n) is 3.86. The third-order valence-corrected chi connectivity index (χ3v) is 4.52. The number of nitrogens with one attached hydrogen (secondary N) is 1. The van der Waals surface area contributed by atoms with Crippen molar-refractivity contribution in [3.8, 4) is 0 Å². The summed E-state index contributed by atoms with van der Waals surface area (Å²) in [5.41, 5.74) is 0.399. The van der Waals surface area contributed by atoms with Crippen LogP contribution in [0.5, 0.6) is 0 Å². The molecule has 1 aromatic rings. The van der Waals surface area contributed by atoms with Crippen molar-refractivity contribution < 1.29 is 14.7 Å². The molecule has 6 heteroatoms. The number of carbonyl (C=O) groups is 2. The van der Waals surface area contributed by atoms with Crippen LogP contribution >= 0.6 is 15.9 Å². The fourth-order valence-electron chi connectivity index (χ4n) is 2.60. The van der Waals surface area contributed by atoms with E-state index in [4.69, 9.17) is 0 Å². The first kappa shape index (κ1) is 15.8. The Kier molecular flexibility index (Phi) is 5.22. The number of anilines is 1. The van der Waals surface area contributed by atoms with Crippen LogP contribution in [-0.2, 0) is 0 Å². The Morgan fingerprint density at radius 3 is 2.90 bits per heavy atom. The predicted molar refractivity (Wildman–Crippen MR) is 84.7 cm³/mol. The summed E-state index contributed by atoms with van der Waals surface area (Å²) in [6, 6.07) is 4.60. The fourth-order valence-corrected chi connectivity index (χ4v) is 3.06. The molecule has 1 aliphatic rings. The average molecular weight is 355 g/mol. The van der Waals surface area contributed by atoms with Gasteiger partial charge in [0, 0.05) is 17.6 Å².